The third kappa shape index (κ3) is 4.64. The topological polar surface area (TPSA) is 80.7 Å². The molecule has 8 nitrogen and oxygen atoms in total. The number of hydrogen-bond acceptors (Lipinski definition) is 8. The lowest BCUT2D eigenvalue weighted by Gasteiger charge is -2.35. The molecule has 3 heterocycles. The van der Waals surface area contributed by atoms with Gasteiger partial charge in [-0.15, -0.1) is 0 Å². The van der Waals surface area contributed by atoms with Crippen molar-refractivity contribution in [3.63, 3.8) is 0 Å². The van der Waals surface area contributed by atoms with Gasteiger partial charge in [0.15, 0.2) is 21.9 Å². The molecule has 1 amide bonds. The number of nitrogens with zero attached hydrogens (tertiary/aromatic N) is 5. The van der Waals surface area contributed by atoms with Gasteiger partial charge in [0.2, 0.25) is 5.88 Å². The number of thioether (sulfide) groups is 1. The number of carbonyl (C=O) groups excluding carboxylic acids is 1. The summed E-state index contributed by atoms with van der Waals surface area (Å²) in [6.07, 6.45) is 3.86. The van der Waals surface area contributed by atoms with Crippen LogP contribution in [0.2, 0.25) is 5.15 Å². The van der Waals surface area contributed by atoms with Gasteiger partial charge in [0.25, 0.3) is 0 Å². The largest absolute Gasteiger partial charge is 0.480 e. The Morgan fingerprint density at radius 3 is 2.50 bits per heavy atom. The summed E-state index contributed by atoms with van der Waals surface area (Å²) in [6.45, 7) is 6.36. The highest BCUT2D eigenvalue weighted by Crippen LogP contribution is 2.37. The molecule has 1 aliphatic rings. The van der Waals surface area contributed by atoms with Crippen LogP contribution in [0.4, 0.5) is 15.0 Å². The van der Waals surface area contributed by atoms with Crippen molar-refractivity contribution >= 4 is 46.2 Å². The molecule has 0 spiro atoms. The zero-order valence-electron chi connectivity index (χ0n) is 17.7. The number of anilines is 1. The van der Waals surface area contributed by atoms with Gasteiger partial charge in [-0.2, -0.15) is 4.98 Å². The van der Waals surface area contributed by atoms with Gasteiger partial charge < -0.3 is 9.47 Å². The van der Waals surface area contributed by atoms with Crippen LogP contribution in [-0.2, 0) is 4.74 Å². The lowest BCUT2D eigenvalue weighted by molar-refractivity contribution is 0.0232. The van der Waals surface area contributed by atoms with E-state index in [0.717, 1.165) is 19.3 Å². The number of pyridine rings is 1. The van der Waals surface area contributed by atoms with E-state index in [4.69, 9.17) is 21.1 Å². The van der Waals surface area contributed by atoms with E-state index in [2.05, 4.69) is 15.0 Å². The van der Waals surface area contributed by atoms with Gasteiger partial charge >= 0.3 is 6.09 Å². The molecule has 1 aliphatic heterocycles. The van der Waals surface area contributed by atoms with Crippen molar-refractivity contribution in [3.05, 3.63) is 11.0 Å². The Balaban J connectivity index is 2.23. The summed E-state index contributed by atoms with van der Waals surface area (Å²) in [4.78, 5) is 25.9. The van der Waals surface area contributed by atoms with E-state index >= 15 is 0 Å². The van der Waals surface area contributed by atoms with E-state index in [9.17, 15) is 9.18 Å². The van der Waals surface area contributed by atoms with E-state index < -0.39 is 17.5 Å². The molecule has 30 heavy (non-hydrogen) atoms. The maximum Gasteiger partial charge on any atom is 0.429 e. The Labute approximate surface area is 184 Å². The van der Waals surface area contributed by atoms with Crippen molar-refractivity contribution in [2.24, 2.45) is 0 Å². The fourth-order valence-electron chi connectivity index (χ4n) is 3.17. The van der Waals surface area contributed by atoms with Gasteiger partial charge in [-0.3, -0.25) is 5.01 Å². The van der Waals surface area contributed by atoms with E-state index in [1.165, 1.54) is 23.9 Å². The summed E-state index contributed by atoms with van der Waals surface area (Å²) in [5.74, 6) is -0.338. The number of hydrazine groups is 1. The van der Waals surface area contributed by atoms with Crippen molar-refractivity contribution in [2.45, 2.75) is 50.8 Å². The van der Waals surface area contributed by atoms with Crippen molar-refractivity contribution in [3.8, 4) is 5.88 Å². The molecular weight excluding hydrogens is 433 g/mol. The number of halogens is 2. The van der Waals surface area contributed by atoms with Crippen molar-refractivity contribution in [1.29, 1.82) is 0 Å². The third-order valence-electron chi connectivity index (χ3n) is 4.43. The van der Waals surface area contributed by atoms with E-state index in [1.807, 2.05) is 20.8 Å². The number of amides is 1. The number of fused-ring (bicyclic) bond motifs is 1. The Morgan fingerprint density at radius 1 is 1.17 bits per heavy atom. The molecular formula is C19H25ClFN5O3S. The fraction of sp³-hybridized carbons (Fsp3) is 0.579. The zero-order valence-corrected chi connectivity index (χ0v) is 19.2. The summed E-state index contributed by atoms with van der Waals surface area (Å²) in [5, 5.41) is 3.48. The average molecular weight is 458 g/mol. The minimum absolute atomic E-state index is 0.00501. The van der Waals surface area contributed by atoms with Gasteiger partial charge in [-0.05, 0) is 46.3 Å². The first-order chi connectivity index (χ1) is 14.2. The lowest BCUT2D eigenvalue weighted by atomic mass is 10.2. The fourth-order valence-corrected chi connectivity index (χ4v) is 3.69. The van der Waals surface area contributed by atoms with Crippen LogP contribution in [0.5, 0.6) is 5.88 Å². The van der Waals surface area contributed by atoms with Gasteiger partial charge in [-0.25, -0.2) is 24.2 Å². The Hall–Kier alpha value is -2.07. The Morgan fingerprint density at radius 2 is 1.87 bits per heavy atom. The normalized spacial score (nSPS) is 15.3. The molecule has 0 aromatic carbocycles. The molecule has 2 aromatic rings. The summed E-state index contributed by atoms with van der Waals surface area (Å²) in [6, 6.07) is 0. The third-order valence-corrected chi connectivity index (χ3v) is 5.23. The zero-order chi connectivity index (χ0) is 22.1. The number of aromatic nitrogens is 3. The highest BCUT2D eigenvalue weighted by molar-refractivity contribution is 7.98. The Bertz CT molecular complexity index is 956. The second kappa shape index (κ2) is 8.97. The quantitative estimate of drug-likeness (QED) is 0.373. The van der Waals surface area contributed by atoms with Crippen molar-refractivity contribution < 1.29 is 18.7 Å². The number of ether oxygens (including phenoxy) is 2. The molecule has 0 unspecified atom stereocenters. The molecule has 0 bridgehead atoms. The van der Waals surface area contributed by atoms with Crippen LogP contribution in [0, 0.1) is 5.82 Å². The smallest absolute Gasteiger partial charge is 0.429 e. The highest BCUT2D eigenvalue weighted by atomic mass is 35.5. The van der Waals surface area contributed by atoms with Crippen LogP contribution in [0.1, 0.15) is 40.0 Å². The van der Waals surface area contributed by atoms with Crippen LogP contribution >= 0.6 is 23.4 Å². The monoisotopic (exact) mass is 457 g/mol. The molecule has 2 aromatic heterocycles. The SMILES string of the molecule is COc1nc(Cl)c(F)c2nc(SC)nc(N3CCCCCN3C(=O)OC(C)(C)C)c12. The predicted molar refractivity (Wildman–Crippen MR) is 115 cm³/mol. The molecule has 0 N–H and O–H groups in total. The minimum atomic E-state index is -0.759. The molecule has 1 saturated heterocycles. The average Bonchev–Trinajstić information content (AvgIpc) is 2.94. The first kappa shape index (κ1) is 22.6. The van der Waals surface area contributed by atoms with Gasteiger partial charge in [-0.1, -0.05) is 23.4 Å². The molecule has 0 saturated carbocycles. The molecule has 1 fully saturated rings. The lowest BCUT2D eigenvalue weighted by Crippen LogP contribution is -2.49. The van der Waals surface area contributed by atoms with E-state index in [0.29, 0.717) is 24.1 Å². The standard InChI is InChI=1S/C19H25ClFN5O3S/c1-19(2,3)29-18(27)26-10-8-6-7-9-25(26)15-11-13(22-17(24-15)30-5)12(21)14(20)23-16(11)28-4/h6-10H2,1-5H3. The molecule has 11 heteroatoms. The molecule has 164 valence electrons. The van der Waals surface area contributed by atoms with Gasteiger partial charge in [0.1, 0.15) is 16.5 Å². The molecule has 0 atom stereocenters. The van der Waals surface area contributed by atoms with Crippen LogP contribution in [0.15, 0.2) is 5.16 Å². The van der Waals surface area contributed by atoms with Crippen LogP contribution in [0.3, 0.4) is 0 Å². The number of hydrogen-bond donors (Lipinski definition) is 0. The predicted octanol–water partition coefficient (Wildman–Crippen LogP) is 4.69. The molecule has 3 rings (SSSR count). The van der Waals surface area contributed by atoms with E-state index in [-0.39, 0.29) is 21.9 Å². The minimum Gasteiger partial charge on any atom is -0.480 e. The second-order valence-corrected chi connectivity index (χ2v) is 8.90. The summed E-state index contributed by atoms with van der Waals surface area (Å²) in [7, 11) is 1.41. The summed E-state index contributed by atoms with van der Waals surface area (Å²) >= 11 is 7.21. The maximum atomic E-state index is 14.9. The first-order valence-corrected chi connectivity index (χ1v) is 11.2. The van der Waals surface area contributed by atoms with Crippen molar-refractivity contribution in [2.75, 3.05) is 31.5 Å². The van der Waals surface area contributed by atoms with Crippen LogP contribution in [-0.4, -0.2) is 58.1 Å². The van der Waals surface area contributed by atoms with Crippen molar-refractivity contribution in [1.82, 2.24) is 20.0 Å². The first-order valence-electron chi connectivity index (χ1n) is 9.59. The van der Waals surface area contributed by atoms with Crippen LogP contribution in [0.25, 0.3) is 10.9 Å². The second-order valence-electron chi connectivity index (χ2n) is 7.77. The van der Waals surface area contributed by atoms with Gasteiger partial charge in [0, 0.05) is 13.1 Å². The number of carbonyl (C=O) groups is 1. The summed E-state index contributed by atoms with van der Waals surface area (Å²) in [5.41, 5.74) is -0.666. The van der Waals surface area contributed by atoms with Crippen LogP contribution < -0.4 is 9.75 Å². The highest BCUT2D eigenvalue weighted by Gasteiger charge is 2.32. The number of methoxy groups -OCH3 is 1. The summed E-state index contributed by atoms with van der Waals surface area (Å²) < 4.78 is 25.8. The van der Waals surface area contributed by atoms with Gasteiger partial charge in [0.05, 0.1) is 7.11 Å². The van der Waals surface area contributed by atoms with E-state index in [1.54, 1.807) is 11.3 Å². The molecule has 0 radical (unpaired) electrons. The number of rotatable bonds is 3. The maximum absolute atomic E-state index is 14.9. The Kier molecular flexibility index (Phi) is 6.76. The molecule has 0 aliphatic carbocycles.